The molecule has 2 N–H and O–H groups in total. The fourth-order valence-corrected chi connectivity index (χ4v) is 7.33. The van der Waals surface area contributed by atoms with Crippen LogP contribution in [-0.4, -0.2) is 71.5 Å². The summed E-state index contributed by atoms with van der Waals surface area (Å²) in [5.41, 5.74) is 0.105. The number of amides is 3. The number of carbonyl (C=O) groups excluding carboxylic acids is 3. The Balaban J connectivity index is 1.17. The summed E-state index contributed by atoms with van der Waals surface area (Å²) in [6.45, 7) is 2.86. The largest absolute Gasteiger partial charge is 0.347 e. The average Bonchev–Trinajstić information content (AvgIpc) is 3.34. The van der Waals surface area contributed by atoms with Crippen LogP contribution in [0.2, 0.25) is 0 Å². The van der Waals surface area contributed by atoms with Gasteiger partial charge in [0.25, 0.3) is 0 Å². The summed E-state index contributed by atoms with van der Waals surface area (Å²) < 4.78 is 13.8. The zero-order valence-electron chi connectivity index (χ0n) is 22.2. The van der Waals surface area contributed by atoms with Gasteiger partial charge in [0.1, 0.15) is 12.2 Å². The van der Waals surface area contributed by atoms with Crippen molar-refractivity contribution >= 4 is 17.7 Å². The van der Waals surface area contributed by atoms with E-state index in [1.54, 1.807) is 6.92 Å². The van der Waals surface area contributed by atoms with Crippen LogP contribution in [0.25, 0.3) is 0 Å². The minimum absolute atomic E-state index is 0.00726. The maximum Gasteiger partial charge on any atom is 0.237 e. The molecule has 9 heteroatoms. The van der Waals surface area contributed by atoms with Gasteiger partial charge in [0.15, 0.2) is 0 Å². The van der Waals surface area contributed by atoms with Crippen molar-refractivity contribution in [1.82, 2.24) is 20.4 Å². The molecule has 1 aromatic rings. The smallest absolute Gasteiger partial charge is 0.237 e. The van der Waals surface area contributed by atoms with Gasteiger partial charge in [-0.1, -0.05) is 30.3 Å². The third-order valence-electron chi connectivity index (χ3n) is 9.68. The van der Waals surface area contributed by atoms with E-state index in [0.717, 1.165) is 44.1 Å². The number of alkyl halides is 1. The Morgan fingerprint density at radius 1 is 1.03 bits per heavy atom. The van der Waals surface area contributed by atoms with Crippen molar-refractivity contribution in [2.75, 3.05) is 26.2 Å². The van der Waals surface area contributed by atoms with Crippen LogP contribution in [0.4, 0.5) is 4.39 Å². The summed E-state index contributed by atoms with van der Waals surface area (Å²) in [5, 5.41) is 15.9. The van der Waals surface area contributed by atoms with Gasteiger partial charge in [-0.3, -0.25) is 14.4 Å². The third kappa shape index (κ3) is 4.91. The molecule has 1 aromatic carbocycles. The van der Waals surface area contributed by atoms with E-state index in [-0.39, 0.29) is 48.2 Å². The molecule has 0 radical (unpaired) electrons. The summed E-state index contributed by atoms with van der Waals surface area (Å²) in [5.74, 6) is -0.0558. The Morgan fingerprint density at radius 2 is 1.66 bits per heavy atom. The molecule has 0 spiro atoms. The highest BCUT2D eigenvalue weighted by atomic mass is 19.1. The first kappa shape index (κ1) is 26.6. The Kier molecular flexibility index (Phi) is 7.21. The van der Waals surface area contributed by atoms with Crippen molar-refractivity contribution in [2.45, 2.75) is 88.0 Å². The normalized spacial score (nSPS) is 32.0. The van der Waals surface area contributed by atoms with Crippen molar-refractivity contribution in [3.63, 3.8) is 0 Å². The van der Waals surface area contributed by atoms with Crippen LogP contribution >= 0.6 is 0 Å². The molecule has 2 heterocycles. The Labute approximate surface area is 223 Å². The highest BCUT2D eigenvalue weighted by Crippen LogP contribution is 2.53. The summed E-state index contributed by atoms with van der Waals surface area (Å²) in [4.78, 5) is 42.0. The number of fused-ring (bicyclic) bond motifs is 3. The van der Waals surface area contributed by atoms with E-state index in [4.69, 9.17) is 0 Å². The standard InChI is InChI=1S/C29H38FN5O3/c1-21(36)33-29(22-5-3-2-4-6-22)13-15-34(16-14-29)26(38)27-7-10-28(11-8-27,12-9-27)32-19-25(37)35-20-23(30)17-24(35)18-31/h2-6,23-24,32H,7-17,19-20H2,1H3,(H,33,36)/t23-,24-,27?,28?/m0/s1. The van der Waals surface area contributed by atoms with E-state index in [1.165, 1.54) is 4.90 Å². The number of piperidine rings is 1. The Morgan fingerprint density at radius 3 is 2.24 bits per heavy atom. The number of nitriles is 1. The van der Waals surface area contributed by atoms with Crippen LogP contribution in [0.5, 0.6) is 0 Å². The lowest BCUT2D eigenvalue weighted by molar-refractivity contribution is -0.152. The maximum atomic E-state index is 13.8. The van der Waals surface area contributed by atoms with Gasteiger partial charge >= 0.3 is 0 Å². The topological polar surface area (TPSA) is 106 Å². The summed E-state index contributed by atoms with van der Waals surface area (Å²) in [6.07, 6.45) is 5.17. The van der Waals surface area contributed by atoms with Gasteiger partial charge in [0.05, 0.1) is 24.7 Å². The van der Waals surface area contributed by atoms with E-state index in [9.17, 15) is 24.0 Å². The van der Waals surface area contributed by atoms with Crippen LogP contribution < -0.4 is 10.6 Å². The number of likely N-dealkylation sites (tertiary alicyclic amines) is 2. The van der Waals surface area contributed by atoms with Gasteiger partial charge in [0, 0.05) is 37.4 Å². The van der Waals surface area contributed by atoms with Gasteiger partial charge in [0.2, 0.25) is 17.7 Å². The number of benzene rings is 1. The zero-order valence-corrected chi connectivity index (χ0v) is 22.2. The molecule has 38 heavy (non-hydrogen) atoms. The van der Waals surface area contributed by atoms with Gasteiger partial charge in [-0.25, -0.2) is 4.39 Å². The molecular formula is C29H38FN5O3. The zero-order chi connectivity index (χ0) is 27.0. The maximum absolute atomic E-state index is 13.8. The molecule has 5 aliphatic rings. The van der Waals surface area contributed by atoms with E-state index >= 15 is 0 Å². The monoisotopic (exact) mass is 523 g/mol. The molecule has 0 aromatic heterocycles. The van der Waals surface area contributed by atoms with Gasteiger partial charge < -0.3 is 20.4 Å². The molecule has 3 aliphatic carbocycles. The van der Waals surface area contributed by atoms with E-state index in [1.807, 2.05) is 41.3 Å². The number of nitrogens with zero attached hydrogens (tertiary/aromatic N) is 3. The second-order valence-corrected chi connectivity index (χ2v) is 11.9. The fraction of sp³-hybridized carbons (Fsp3) is 0.655. The van der Waals surface area contributed by atoms with Gasteiger partial charge in [-0.15, -0.1) is 0 Å². The number of nitrogens with one attached hydrogen (secondary N) is 2. The molecule has 0 unspecified atom stereocenters. The second-order valence-electron chi connectivity index (χ2n) is 11.9. The average molecular weight is 524 g/mol. The van der Waals surface area contributed by atoms with Crippen molar-refractivity contribution in [3.05, 3.63) is 35.9 Å². The van der Waals surface area contributed by atoms with Crippen molar-refractivity contribution < 1.29 is 18.8 Å². The molecule has 2 bridgehead atoms. The molecule has 3 saturated carbocycles. The van der Waals surface area contributed by atoms with Gasteiger partial charge in [-0.05, 0) is 56.9 Å². The van der Waals surface area contributed by atoms with Crippen LogP contribution in [-0.2, 0) is 19.9 Å². The number of halogens is 1. The van der Waals surface area contributed by atoms with Crippen LogP contribution in [0.3, 0.4) is 0 Å². The quantitative estimate of drug-likeness (QED) is 0.597. The molecule has 6 rings (SSSR count). The Bertz CT molecular complexity index is 1090. The summed E-state index contributed by atoms with van der Waals surface area (Å²) >= 11 is 0. The SMILES string of the molecule is CC(=O)NC1(c2ccccc2)CCN(C(=O)C23CCC(NCC(=O)N4C[C@@H](F)C[C@H]4C#N)(CC2)CC3)CC1. The first-order valence-electron chi connectivity index (χ1n) is 13.9. The molecule has 2 aliphatic heterocycles. The molecule has 204 valence electrons. The lowest BCUT2D eigenvalue weighted by Crippen LogP contribution is -2.61. The van der Waals surface area contributed by atoms with Crippen LogP contribution in [0.15, 0.2) is 30.3 Å². The third-order valence-corrected chi connectivity index (χ3v) is 9.68. The molecular weight excluding hydrogens is 485 g/mol. The molecule has 3 amide bonds. The van der Waals surface area contributed by atoms with Gasteiger partial charge in [-0.2, -0.15) is 5.26 Å². The molecule has 2 saturated heterocycles. The van der Waals surface area contributed by atoms with Crippen molar-refractivity contribution in [2.24, 2.45) is 5.41 Å². The van der Waals surface area contributed by atoms with E-state index in [2.05, 4.69) is 10.6 Å². The molecule has 8 nitrogen and oxygen atoms in total. The second kappa shape index (κ2) is 10.3. The predicted molar refractivity (Wildman–Crippen MR) is 139 cm³/mol. The lowest BCUT2D eigenvalue weighted by Gasteiger charge is -2.54. The first-order valence-corrected chi connectivity index (χ1v) is 13.9. The minimum atomic E-state index is -1.14. The number of hydrogen-bond acceptors (Lipinski definition) is 5. The van der Waals surface area contributed by atoms with E-state index < -0.39 is 17.8 Å². The summed E-state index contributed by atoms with van der Waals surface area (Å²) in [7, 11) is 0. The van der Waals surface area contributed by atoms with Crippen LogP contribution in [0, 0.1) is 16.7 Å². The highest BCUT2D eigenvalue weighted by molar-refractivity contribution is 5.84. The van der Waals surface area contributed by atoms with Crippen molar-refractivity contribution in [1.29, 1.82) is 5.26 Å². The number of rotatable bonds is 6. The molecule has 5 fully saturated rings. The number of carbonyl (C=O) groups is 3. The highest BCUT2D eigenvalue weighted by Gasteiger charge is 2.54. The first-order chi connectivity index (χ1) is 18.2. The van der Waals surface area contributed by atoms with Crippen molar-refractivity contribution in [3.8, 4) is 6.07 Å². The minimum Gasteiger partial charge on any atom is -0.347 e. The van der Waals surface area contributed by atoms with Crippen LogP contribution in [0.1, 0.15) is 70.3 Å². The van der Waals surface area contributed by atoms with E-state index in [0.29, 0.717) is 25.9 Å². The molecule has 2 atom stereocenters. The lowest BCUT2D eigenvalue weighted by atomic mass is 9.56. The number of hydrogen-bond donors (Lipinski definition) is 2. The predicted octanol–water partition coefficient (Wildman–Crippen LogP) is 2.79. The Hall–Kier alpha value is -2.99. The fourth-order valence-electron chi connectivity index (χ4n) is 7.33. The summed E-state index contributed by atoms with van der Waals surface area (Å²) in [6, 6.07) is 11.4.